The molecule has 0 aromatic rings. The van der Waals surface area contributed by atoms with Crippen LogP contribution in [0.1, 0.15) is 149 Å². The molecule has 0 bridgehead atoms. The van der Waals surface area contributed by atoms with Gasteiger partial charge in [0.2, 0.25) is 0 Å². The van der Waals surface area contributed by atoms with Crippen LogP contribution in [0.15, 0.2) is 0 Å². The molecule has 0 saturated heterocycles. The van der Waals surface area contributed by atoms with Gasteiger partial charge < -0.3 is 15.2 Å². The van der Waals surface area contributed by atoms with Gasteiger partial charge >= 0.3 is 0 Å². The zero-order valence-corrected chi connectivity index (χ0v) is 23.1. The molecule has 0 aliphatic carbocycles. The Balaban J connectivity index is 3.59. The van der Waals surface area contributed by atoms with E-state index in [1.165, 1.54) is 128 Å². The highest BCUT2D eigenvalue weighted by atomic mass is 28.2. The Hall–Kier alpha value is 0.0969. The number of ether oxygens (including phenoxy) is 2. The zero-order valence-electron chi connectivity index (χ0n) is 22.1. The highest BCUT2D eigenvalue weighted by Gasteiger charge is 2.10. The Labute approximate surface area is 205 Å². The summed E-state index contributed by atoms with van der Waals surface area (Å²) >= 11 is 0. The number of hydrogen-bond donors (Lipinski definition) is 1. The monoisotopic (exact) mass is 469 g/mol. The van der Waals surface area contributed by atoms with E-state index in [4.69, 9.17) is 15.2 Å². The molecule has 32 heavy (non-hydrogen) atoms. The van der Waals surface area contributed by atoms with Crippen molar-refractivity contribution in [1.29, 1.82) is 0 Å². The fourth-order valence-corrected chi connectivity index (χ4v) is 5.16. The summed E-state index contributed by atoms with van der Waals surface area (Å²) in [6, 6.07) is 1.14. The Morgan fingerprint density at radius 1 is 0.500 bits per heavy atom. The predicted molar refractivity (Wildman–Crippen MR) is 144 cm³/mol. The lowest BCUT2D eigenvalue weighted by Crippen LogP contribution is -2.26. The van der Waals surface area contributed by atoms with Crippen molar-refractivity contribution in [1.82, 2.24) is 0 Å². The number of unbranched alkanes of at least 4 members (excludes halogenated alkanes) is 18. The first-order chi connectivity index (χ1) is 15.8. The molecule has 0 aliphatic heterocycles. The first-order valence-corrected chi connectivity index (χ1v) is 15.8. The zero-order chi connectivity index (χ0) is 23.4. The topological polar surface area (TPSA) is 44.5 Å². The molecule has 4 heteroatoms. The summed E-state index contributed by atoms with van der Waals surface area (Å²) in [6.45, 7) is 7.06. The van der Waals surface area contributed by atoms with Gasteiger partial charge in [-0.15, -0.1) is 0 Å². The Morgan fingerprint density at radius 3 is 1.19 bits per heavy atom. The first kappa shape index (κ1) is 32.1. The molecule has 3 nitrogen and oxygen atoms in total. The number of nitrogens with two attached hydrogens (primary N) is 1. The second-order valence-electron chi connectivity index (χ2n) is 9.53. The van der Waals surface area contributed by atoms with E-state index in [9.17, 15) is 0 Å². The van der Waals surface area contributed by atoms with Crippen molar-refractivity contribution in [3.8, 4) is 0 Å². The summed E-state index contributed by atoms with van der Waals surface area (Å²) in [5.41, 5.74) is 5.66. The van der Waals surface area contributed by atoms with Crippen LogP contribution >= 0.6 is 0 Å². The van der Waals surface area contributed by atoms with Gasteiger partial charge in [0.1, 0.15) is 15.4 Å². The molecule has 0 atom stereocenters. The summed E-state index contributed by atoms with van der Waals surface area (Å²) in [7, 11) is 0.729. The maximum atomic E-state index is 6.10. The molecular formula is C28H59NO2Si. The fourth-order valence-electron chi connectivity index (χ4n) is 4.05. The summed E-state index contributed by atoms with van der Waals surface area (Å²) in [5.74, 6) is 0.0127. The van der Waals surface area contributed by atoms with Gasteiger partial charge in [-0.2, -0.15) is 0 Å². The average Bonchev–Trinajstić information content (AvgIpc) is 2.80. The second kappa shape index (κ2) is 29.1. The van der Waals surface area contributed by atoms with Crippen LogP contribution in [0.2, 0.25) is 6.04 Å². The third kappa shape index (κ3) is 26.4. The van der Waals surface area contributed by atoms with Crippen molar-refractivity contribution in [3.05, 3.63) is 0 Å². The van der Waals surface area contributed by atoms with Crippen LogP contribution in [0.4, 0.5) is 0 Å². The molecule has 2 N–H and O–H groups in total. The number of hydrogen-bond acceptors (Lipinski definition) is 3. The molecule has 0 aromatic carbocycles. The quantitative estimate of drug-likeness (QED) is 0.0708. The van der Waals surface area contributed by atoms with Gasteiger partial charge in [0.05, 0.1) is 0 Å². The van der Waals surface area contributed by atoms with Crippen LogP contribution in [0.25, 0.3) is 0 Å². The average molecular weight is 470 g/mol. The highest BCUT2D eigenvalue weighted by molar-refractivity contribution is 6.36. The minimum absolute atomic E-state index is 0.0127. The van der Waals surface area contributed by atoms with Crippen molar-refractivity contribution >= 4 is 9.52 Å². The van der Waals surface area contributed by atoms with Gasteiger partial charge in [-0.05, 0) is 25.8 Å². The molecule has 2 radical (unpaired) electrons. The SMILES string of the molecule is CCCCCCCCCCCCOC(OCCCCCCCCCCCC)[Si]CCCN. The molecule has 0 saturated carbocycles. The molecule has 0 fully saturated rings. The lowest BCUT2D eigenvalue weighted by molar-refractivity contribution is -0.0925. The van der Waals surface area contributed by atoms with Gasteiger partial charge in [-0.25, -0.2) is 0 Å². The highest BCUT2D eigenvalue weighted by Crippen LogP contribution is 2.12. The maximum Gasteiger partial charge on any atom is 0.137 e. The first-order valence-electron chi connectivity index (χ1n) is 14.5. The molecule has 0 aliphatic rings. The molecule has 0 unspecified atom stereocenters. The van der Waals surface area contributed by atoms with Crippen molar-refractivity contribution < 1.29 is 9.47 Å². The minimum Gasteiger partial charge on any atom is -0.357 e. The summed E-state index contributed by atoms with van der Waals surface area (Å²) < 4.78 is 12.2. The largest absolute Gasteiger partial charge is 0.357 e. The third-order valence-corrected chi connectivity index (χ3v) is 7.54. The second-order valence-corrected chi connectivity index (χ2v) is 10.9. The van der Waals surface area contributed by atoms with E-state index in [2.05, 4.69) is 13.8 Å². The van der Waals surface area contributed by atoms with Crippen LogP contribution in [-0.2, 0) is 9.47 Å². The van der Waals surface area contributed by atoms with Gasteiger partial charge in [-0.1, -0.05) is 135 Å². The van der Waals surface area contributed by atoms with Crippen LogP contribution < -0.4 is 5.73 Å². The van der Waals surface area contributed by atoms with Gasteiger partial charge in [-0.3, -0.25) is 0 Å². The third-order valence-electron chi connectivity index (χ3n) is 6.23. The van der Waals surface area contributed by atoms with Crippen LogP contribution in [0.3, 0.4) is 0 Å². The van der Waals surface area contributed by atoms with E-state index in [1.54, 1.807) is 0 Å². The Bertz CT molecular complexity index is 305. The Kier molecular flexibility index (Phi) is 29.2. The minimum atomic E-state index is 0.0127. The lowest BCUT2D eigenvalue weighted by atomic mass is 10.1. The van der Waals surface area contributed by atoms with Crippen molar-refractivity contribution in [2.24, 2.45) is 5.73 Å². The van der Waals surface area contributed by atoms with Crippen molar-refractivity contribution in [2.45, 2.75) is 161 Å². The number of rotatable bonds is 28. The molecule has 192 valence electrons. The van der Waals surface area contributed by atoms with Crippen molar-refractivity contribution in [3.63, 3.8) is 0 Å². The van der Waals surface area contributed by atoms with Crippen LogP contribution in [-0.4, -0.2) is 35.2 Å². The molecular weight excluding hydrogens is 410 g/mol. The maximum absolute atomic E-state index is 6.10. The lowest BCUT2D eigenvalue weighted by Gasteiger charge is -2.18. The summed E-state index contributed by atoms with van der Waals surface area (Å²) in [5, 5.41) is 0. The van der Waals surface area contributed by atoms with E-state index in [1.807, 2.05) is 0 Å². The molecule has 0 rings (SSSR count). The molecule has 0 aromatic heterocycles. The van der Waals surface area contributed by atoms with E-state index in [0.29, 0.717) is 0 Å². The van der Waals surface area contributed by atoms with E-state index in [0.717, 1.165) is 41.7 Å². The van der Waals surface area contributed by atoms with E-state index >= 15 is 0 Å². The molecule has 0 spiro atoms. The van der Waals surface area contributed by atoms with Crippen LogP contribution in [0, 0.1) is 0 Å². The molecule has 0 heterocycles. The van der Waals surface area contributed by atoms with Gasteiger partial charge in [0, 0.05) is 13.2 Å². The fraction of sp³-hybridized carbons (Fsp3) is 1.00. The Morgan fingerprint density at radius 2 is 0.844 bits per heavy atom. The van der Waals surface area contributed by atoms with E-state index < -0.39 is 0 Å². The summed E-state index contributed by atoms with van der Waals surface area (Å²) in [4.78, 5) is 0. The standard InChI is InChI=1S/C28H59NO2Si/c1-3-5-7-9-11-13-15-17-19-21-25-30-28(32-27-23-24-29)31-26-22-20-18-16-14-12-10-8-6-4-2/h28H,3-27,29H2,1-2H3. The van der Waals surface area contributed by atoms with Crippen molar-refractivity contribution in [2.75, 3.05) is 19.8 Å². The normalized spacial score (nSPS) is 11.6. The predicted octanol–water partition coefficient (Wildman–Crippen LogP) is 8.62. The molecule has 0 amide bonds. The summed E-state index contributed by atoms with van der Waals surface area (Å²) in [6.07, 6.45) is 28.4. The van der Waals surface area contributed by atoms with Gasteiger partial charge in [0.25, 0.3) is 0 Å². The van der Waals surface area contributed by atoms with Crippen LogP contribution in [0.5, 0.6) is 0 Å². The van der Waals surface area contributed by atoms with Gasteiger partial charge in [0.15, 0.2) is 0 Å². The smallest absolute Gasteiger partial charge is 0.137 e. The van der Waals surface area contributed by atoms with E-state index in [-0.39, 0.29) is 5.91 Å².